The first kappa shape index (κ1) is 14.6. The van der Waals surface area contributed by atoms with E-state index in [-0.39, 0.29) is 5.82 Å². The highest BCUT2D eigenvalue weighted by molar-refractivity contribution is 5.66. The van der Waals surface area contributed by atoms with Gasteiger partial charge in [-0.3, -0.25) is 0 Å². The molecule has 2 aromatic carbocycles. The SMILES string of the molecule is COc1ccc(C2CCN3CCCc4c(F)[c]cc2c43)cc1C. The van der Waals surface area contributed by atoms with Crippen LogP contribution in [0.4, 0.5) is 10.1 Å². The predicted octanol–water partition coefficient (Wildman–Crippen LogP) is 4.23. The Labute approximate surface area is 136 Å². The van der Waals surface area contributed by atoms with Crippen molar-refractivity contribution >= 4 is 5.69 Å². The van der Waals surface area contributed by atoms with Crippen LogP contribution in [-0.4, -0.2) is 20.2 Å². The molecule has 2 aromatic rings. The number of halogens is 1. The average molecular weight is 310 g/mol. The van der Waals surface area contributed by atoms with Crippen molar-refractivity contribution in [2.45, 2.75) is 32.1 Å². The van der Waals surface area contributed by atoms with Gasteiger partial charge >= 0.3 is 0 Å². The van der Waals surface area contributed by atoms with E-state index in [0.717, 1.165) is 54.9 Å². The maximum absolute atomic E-state index is 14.2. The van der Waals surface area contributed by atoms with Gasteiger partial charge in [-0.1, -0.05) is 12.1 Å². The Balaban J connectivity index is 1.82. The molecule has 0 amide bonds. The summed E-state index contributed by atoms with van der Waals surface area (Å²) in [5.74, 6) is 1.07. The van der Waals surface area contributed by atoms with Gasteiger partial charge in [0.2, 0.25) is 0 Å². The molecule has 0 fully saturated rings. The standard InChI is InChI=1S/C20H21FNO/c1-13-12-14(5-8-19(13)23-2)15-9-11-22-10-3-4-17-18(21)7-6-16(15)20(17)22/h5-6,8,12,15H,3-4,9-11H2,1-2H3. The van der Waals surface area contributed by atoms with Gasteiger partial charge in [0, 0.05) is 36.3 Å². The molecule has 2 nitrogen and oxygen atoms in total. The van der Waals surface area contributed by atoms with Gasteiger partial charge in [-0.15, -0.1) is 0 Å². The zero-order valence-corrected chi connectivity index (χ0v) is 13.7. The minimum atomic E-state index is -0.167. The Bertz CT molecular complexity index is 756. The second kappa shape index (κ2) is 5.55. The van der Waals surface area contributed by atoms with Crippen LogP contribution in [-0.2, 0) is 6.42 Å². The summed E-state index contributed by atoms with van der Waals surface area (Å²) in [7, 11) is 1.70. The van der Waals surface area contributed by atoms with E-state index in [2.05, 4.69) is 30.0 Å². The highest BCUT2D eigenvalue weighted by atomic mass is 19.1. The topological polar surface area (TPSA) is 12.5 Å². The Morgan fingerprint density at radius 2 is 2.17 bits per heavy atom. The zero-order chi connectivity index (χ0) is 16.0. The van der Waals surface area contributed by atoms with Crippen LogP contribution in [0.5, 0.6) is 5.75 Å². The van der Waals surface area contributed by atoms with Gasteiger partial charge in [-0.25, -0.2) is 4.39 Å². The molecule has 0 spiro atoms. The number of methoxy groups -OCH3 is 1. The number of benzene rings is 2. The Morgan fingerprint density at radius 1 is 1.30 bits per heavy atom. The largest absolute Gasteiger partial charge is 0.496 e. The summed E-state index contributed by atoms with van der Waals surface area (Å²) in [4.78, 5) is 2.36. The van der Waals surface area contributed by atoms with Gasteiger partial charge < -0.3 is 9.64 Å². The monoisotopic (exact) mass is 310 g/mol. The van der Waals surface area contributed by atoms with Crippen molar-refractivity contribution in [3.63, 3.8) is 0 Å². The molecule has 1 atom stereocenters. The number of aryl methyl sites for hydroxylation is 1. The number of ether oxygens (including phenoxy) is 1. The average Bonchev–Trinajstić information content (AvgIpc) is 2.58. The molecular formula is C20H21FNO. The lowest BCUT2D eigenvalue weighted by Crippen LogP contribution is -2.36. The van der Waals surface area contributed by atoms with Gasteiger partial charge in [0.25, 0.3) is 0 Å². The third-order valence-corrected chi connectivity index (χ3v) is 5.23. The van der Waals surface area contributed by atoms with Crippen LogP contribution in [0, 0.1) is 18.8 Å². The van der Waals surface area contributed by atoms with Crippen LogP contribution in [0.3, 0.4) is 0 Å². The molecule has 119 valence electrons. The first-order chi connectivity index (χ1) is 11.2. The van der Waals surface area contributed by atoms with E-state index in [1.54, 1.807) is 7.11 Å². The second-order valence-electron chi connectivity index (χ2n) is 6.55. The molecule has 0 saturated carbocycles. The lowest BCUT2D eigenvalue weighted by Gasteiger charge is -2.40. The molecule has 2 heterocycles. The van der Waals surface area contributed by atoms with Gasteiger partial charge in [-0.05, 0) is 55.0 Å². The molecule has 0 N–H and O–H groups in total. The van der Waals surface area contributed by atoms with E-state index >= 15 is 0 Å². The molecule has 0 bridgehead atoms. The fourth-order valence-electron chi connectivity index (χ4n) is 4.13. The van der Waals surface area contributed by atoms with E-state index in [1.165, 1.54) is 11.1 Å². The Hall–Kier alpha value is -2.03. The summed E-state index contributed by atoms with van der Waals surface area (Å²) in [6.07, 6.45) is 2.93. The fourth-order valence-corrected chi connectivity index (χ4v) is 4.13. The highest BCUT2D eigenvalue weighted by Crippen LogP contribution is 2.44. The molecule has 1 unspecified atom stereocenters. The first-order valence-corrected chi connectivity index (χ1v) is 8.31. The van der Waals surface area contributed by atoms with Crippen molar-refractivity contribution in [1.29, 1.82) is 0 Å². The van der Waals surface area contributed by atoms with Crippen LogP contribution >= 0.6 is 0 Å². The van der Waals surface area contributed by atoms with Crippen molar-refractivity contribution in [3.05, 3.63) is 58.4 Å². The van der Waals surface area contributed by atoms with Gasteiger partial charge in [0.1, 0.15) is 11.6 Å². The Morgan fingerprint density at radius 3 is 2.96 bits per heavy atom. The van der Waals surface area contributed by atoms with Crippen LogP contribution < -0.4 is 9.64 Å². The number of anilines is 1. The Kier molecular flexibility index (Phi) is 3.51. The van der Waals surface area contributed by atoms with E-state index in [0.29, 0.717) is 5.92 Å². The summed E-state index contributed by atoms with van der Waals surface area (Å²) in [5.41, 5.74) is 5.67. The van der Waals surface area contributed by atoms with Crippen molar-refractivity contribution in [2.24, 2.45) is 0 Å². The summed E-state index contributed by atoms with van der Waals surface area (Å²) >= 11 is 0. The fraction of sp³-hybridized carbons (Fsp3) is 0.400. The smallest absolute Gasteiger partial charge is 0.136 e. The van der Waals surface area contributed by atoms with Crippen LogP contribution in [0.15, 0.2) is 24.3 Å². The second-order valence-corrected chi connectivity index (χ2v) is 6.55. The summed E-state index contributed by atoms with van der Waals surface area (Å²) < 4.78 is 19.5. The minimum Gasteiger partial charge on any atom is -0.496 e. The maximum Gasteiger partial charge on any atom is 0.136 e. The van der Waals surface area contributed by atoms with Crippen LogP contribution in [0.1, 0.15) is 41.0 Å². The van der Waals surface area contributed by atoms with E-state index in [1.807, 2.05) is 12.1 Å². The maximum atomic E-state index is 14.2. The predicted molar refractivity (Wildman–Crippen MR) is 90.0 cm³/mol. The van der Waals surface area contributed by atoms with Crippen molar-refractivity contribution in [1.82, 2.24) is 0 Å². The zero-order valence-electron chi connectivity index (χ0n) is 13.7. The number of nitrogens with zero attached hydrogens (tertiary/aromatic N) is 1. The van der Waals surface area contributed by atoms with Gasteiger partial charge in [0.05, 0.1) is 7.11 Å². The first-order valence-electron chi connectivity index (χ1n) is 8.31. The normalized spacial score (nSPS) is 19.4. The lowest BCUT2D eigenvalue weighted by atomic mass is 9.80. The molecule has 0 saturated heterocycles. The third-order valence-electron chi connectivity index (χ3n) is 5.23. The van der Waals surface area contributed by atoms with E-state index in [9.17, 15) is 4.39 Å². The van der Waals surface area contributed by atoms with Crippen LogP contribution in [0.2, 0.25) is 0 Å². The highest BCUT2D eigenvalue weighted by Gasteiger charge is 2.31. The molecule has 4 rings (SSSR count). The molecule has 2 aliphatic heterocycles. The number of rotatable bonds is 2. The molecule has 0 aliphatic carbocycles. The number of hydrogen-bond donors (Lipinski definition) is 0. The summed E-state index contributed by atoms with van der Waals surface area (Å²) in [6, 6.07) is 11.1. The number of hydrogen-bond acceptors (Lipinski definition) is 2. The third kappa shape index (κ3) is 2.30. The molecule has 3 heteroatoms. The molecule has 1 radical (unpaired) electrons. The van der Waals surface area contributed by atoms with E-state index < -0.39 is 0 Å². The quantitative estimate of drug-likeness (QED) is 0.823. The molecule has 2 aliphatic rings. The van der Waals surface area contributed by atoms with Gasteiger partial charge in [-0.2, -0.15) is 0 Å². The summed E-state index contributed by atoms with van der Waals surface area (Å²) in [6.45, 7) is 4.11. The van der Waals surface area contributed by atoms with Crippen LogP contribution in [0.25, 0.3) is 0 Å². The van der Waals surface area contributed by atoms with Gasteiger partial charge in [0.15, 0.2) is 0 Å². The minimum absolute atomic E-state index is 0.167. The van der Waals surface area contributed by atoms with Crippen molar-refractivity contribution in [2.75, 3.05) is 25.1 Å². The van der Waals surface area contributed by atoms with Crippen molar-refractivity contribution in [3.8, 4) is 5.75 Å². The molecule has 23 heavy (non-hydrogen) atoms. The molecular weight excluding hydrogens is 289 g/mol. The van der Waals surface area contributed by atoms with E-state index in [4.69, 9.17) is 4.74 Å². The molecule has 0 aromatic heterocycles. The lowest BCUT2D eigenvalue weighted by molar-refractivity contribution is 0.411. The van der Waals surface area contributed by atoms with Crippen molar-refractivity contribution < 1.29 is 9.13 Å². The summed E-state index contributed by atoms with van der Waals surface area (Å²) in [5, 5.41) is 0.